The zero-order chi connectivity index (χ0) is 16.7. The molecule has 2 unspecified atom stereocenters. The number of hydrogen-bond acceptors (Lipinski definition) is 3. The molecule has 1 aromatic carbocycles. The van der Waals surface area contributed by atoms with E-state index in [0.717, 1.165) is 18.7 Å². The Morgan fingerprint density at radius 2 is 1.85 bits per heavy atom. The van der Waals surface area contributed by atoms with Crippen LogP contribution in [0, 0.1) is 13.8 Å². The molecular weight excluding hydrogens is 534 g/mol. The molecule has 27 heavy (non-hydrogen) atoms. The van der Waals surface area contributed by atoms with Crippen molar-refractivity contribution in [2.45, 2.75) is 38.6 Å². The number of aromatic nitrogens is 1. The van der Waals surface area contributed by atoms with Gasteiger partial charge in [-0.2, -0.15) is 0 Å². The second kappa shape index (κ2) is 10.4. The zero-order valence-corrected chi connectivity index (χ0v) is 21.4. The number of likely N-dealkylation sites (tertiary alicyclic amines) is 1. The Morgan fingerprint density at radius 1 is 1.07 bits per heavy atom. The largest absolute Gasteiger partial charge is 0.367 e. The van der Waals surface area contributed by atoms with Crippen molar-refractivity contribution >= 4 is 56.6 Å². The molecule has 0 amide bonds. The molecule has 1 fully saturated rings. The monoisotopic (exact) mass is 561 g/mol. The summed E-state index contributed by atoms with van der Waals surface area (Å²) in [6, 6.07) is 12.0. The van der Waals surface area contributed by atoms with Crippen LogP contribution in [0.5, 0.6) is 0 Å². The molecule has 150 valence electrons. The van der Waals surface area contributed by atoms with E-state index in [2.05, 4.69) is 59.1 Å². The first-order chi connectivity index (χ1) is 11.6. The molecule has 0 saturated carbocycles. The number of likely N-dealkylation sites (N-methyl/N-ethyl adjacent to an activating group) is 1. The number of piperidine rings is 1. The molecule has 3 nitrogen and oxygen atoms in total. The van der Waals surface area contributed by atoms with Crippen LogP contribution < -0.4 is 4.90 Å². The van der Waals surface area contributed by atoms with Crippen LogP contribution in [-0.2, 0) is 6.42 Å². The number of aryl methyl sites for hydroxylation is 2. The average Bonchev–Trinajstić information content (AvgIpc) is 2.87. The molecule has 0 N–H and O–H groups in total. The minimum absolute atomic E-state index is 0. The third-order valence-corrected chi connectivity index (χ3v) is 5.69. The van der Waals surface area contributed by atoms with E-state index in [0.29, 0.717) is 12.0 Å². The molecule has 2 aliphatic heterocycles. The predicted octanol–water partition coefficient (Wildman–Crippen LogP) is 5.28. The Bertz CT molecular complexity index is 736. The molecule has 2 aromatic rings. The first kappa shape index (κ1) is 24.6. The smallest absolute Gasteiger partial charge is 0.0405 e. The van der Waals surface area contributed by atoms with Gasteiger partial charge in [0.25, 0.3) is 0 Å². The van der Waals surface area contributed by atoms with E-state index >= 15 is 0 Å². The lowest BCUT2D eigenvalue weighted by atomic mass is 9.89. The van der Waals surface area contributed by atoms with Gasteiger partial charge in [0.15, 0.2) is 0 Å². The van der Waals surface area contributed by atoms with Crippen molar-refractivity contribution in [3.63, 3.8) is 0 Å². The van der Waals surface area contributed by atoms with Crippen LogP contribution in [0.3, 0.4) is 0 Å². The zero-order valence-electron chi connectivity index (χ0n) is 16.2. The summed E-state index contributed by atoms with van der Waals surface area (Å²) < 4.78 is 0. The van der Waals surface area contributed by atoms with Gasteiger partial charge in [0, 0.05) is 42.6 Å². The number of pyridine rings is 1. The highest BCUT2D eigenvalue weighted by molar-refractivity contribution is 8.93. The van der Waals surface area contributed by atoms with Crippen LogP contribution in [-0.4, -0.2) is 42.6 Å². The summed E-state index contributed by atoms with van der Waals surface area (Å²) in [6.45, 7) is 7.74. The summed E-state index contributed by atoms with van der Waals surface area (Å²) in [5, 5.41) is 0. The maximum Gasteiger partial charge on any atom is 0.0405 e. The molecule has 2 aliphatic rings. The van der Waals surface area contributed by atoms with Crippen molar-refractivity contribution in [1.82, 2.24) is 9.88 Å². The quantitative estimate of drug-likeness (QED) is 0.506. The molecule has 1 saturated heterocycles. The van der Waals surface area contributed by atoms with E-state index in [4.69, 9.17) is 0 Å². The molecule has 2 atom stereocenters. The van der Waals surface area contributed by atoms with Crippen LogP contribution in [0.15, 0.2) is 36.5 Å². The number of benzene rings is 1. The molecule has 0 aliphatic carbocycles. The minimum Gasteiger partial charge on any atom is -0.367 e. The van der Waals surface area contributed by atoms with Gasteiger partial charge in [-0.25, -0.2) is 0 Å². The fourth-order valence-corrected chi connectivity index (χ4v) is 4.37. The van der Waals surface area contributed by atoms with Gasteiger partial charge in [-0.1, -0.05) is 23.8 Å². The van der Waals surface area contributed by atoms with Gasteiger partial charge in [-0.05, 0) is 63.5 Å². The molecule has 0 spiro atoms. The Kier molecular flexibility index (Phi) is 9.46. The van der Waals surface area contributed by atoms with Crippen LogP contribution in [0.4, 0.5) is 5.69 Å². The average molecular weight is 564 g/mol. The molecular formula is C21H30Br3N3. The standard InChI is InChI=1S/C21H27N3.3BrH/c1-15-4-7-20-18(12-15)19-14-23(3)10-9-21(19)24(20)11-8-17-6-5-16(2)22-13-17;;;/h4-7,12-13,19,21H,8-11,14H2,1-3H3;3*1H. The highest BCUT2D eigenvalue weighted by Gasteiger charge is 2.40. The summed E-state index contributed by atoms with van der Waals surface area (Å²) in [4.78, 5) is 9.61. The van der Waals surface area contributed by atoms with E-state index < -0.39 is 0 Å². The number of nitrogens with zero attached hydrogens (tertiary/aromatic N) is 3. The third kappa shape index (κ3) is 5.14. The van der Waals surface area contributed by atoms with Crippen LogP contribution in [0.2, 0.25) is 0 Å². The number of rotatable bonds is 3. The van der Waals surface area contributed by atoms with E-state index in [-0.39, 0.29) is 50.9 Å². The normalized spacial score (nSPS) is 20.6. The lowest BCUT2D eigenvalue weighted by Crippen LogP contribution is -2.45. The number of anilines is 1. The molecule has 1 aromatic heterocycles. The van der Waals surface area contributed by atoms with Gasteiger partial charge in [0.05, 0.1) is 0 Å². The van der Waals surface area contributed by atoms with Crippen molar-refractivity contribution in [2.24, 2.45) is 0 Å². The van der Waals surface area contributed by atoms with E-state index in [9.17, 15) is 0 Å². The van der Waals surface area contributed by atoms with Crippen molar-refractivity contribution in [3.8, 4) is 0 Å². The molecule has 3 heterocycles. The topological polar surface area (TPSA) is 19.4 Å². The Balaban J connectivity index is 0.00000121. The van der Waals surface area contributed by atoms with Crippen molar-refractivity contribution in [2.75, 3.05) is 31.6 Å². The van der Waals surface area contributed by atoms with Gasteiger partial charge in [0.2, 0.25) is 0 Å². The fraction of sp³-hybridized carbons (Fsp3) is 0.476. The van der Waals surface area contributed by atoms with Crippen molar-refractivity contribution in [1.29, 1.82) is 0 Å². The third-order valence-electron chi connectivity index (χ3n) is 5.69. The molecule has 6 heteroatoms. The molecule has 4 rings (SSSR count). The molecule has 0 radical (unpaired) electrons. The van der Waals surface area contributed by atoms with Crippen LogP contribution in [0.1, 0.15) is 34.7 Å². The highest BCUT2D eigenvalue weighted by atomic mass is 79.9. The Morgan fingerprint density at radius 3 is 2.56 bits per heavy atom. The number of hydrogen-bond donors (Lipinski definition) is 0. The summed E-state index contributed by atoms with van der Waals surface area (Å²) in [5.41, 5.74) is 6.84. The highest BCUT2D eigenvalue weighted by Crippen LogP contribution is 2.44. The van der Waals surface area contributed by atoms with Crippen molar-refractivity contribution in [3.05, 3.63) is 58.9 Å². The summed E-state index contributed by atoms with van der Waals surface area (Å²) in [5.74, 6) is 0.662. The summed E-state index contributed by atoms with van der Waals surface area (Å²) in [6.07, 6.45) is 4.37. The molecule has 0 bridgehead atoms. The summed E-state index contributed by atoms with van der Waals surface area (Å²) in [7, 11) is 2.26. The van der Waals surface area contributed by atoms with Gasteiger partial charge in [-0.3, -0.25) is 4.98 Å². The predicted molar refractivity (Wildman–Crippen MR) is 131 cm³/mol. The SMILES string of the molecule is Br.Br.Br.Cc1ccc2c(c1)C1CN(C)CCC1N2CCc1ccc(C)nc1. The van der Waals surface area contributed by atoms with E-state index in [1.807, 2.05) is 13.1 Å². The maximum absolute atomic E-state index is 4.45. The minimum atomic E-state index is 0. The number of halogens is 3. The van der Waals surface area contributed by atoms with Gasteiger partial charge >= 0.3 is 0 Å². The first-order valence-corrected chi connectivity index (χ1v) is 9.09. The first-order valence-electron chi connectivity index (χ1n) is 9.09. The van der Waals surface area contributed by atoms with Crippen LogP contribution in [0.25, 0.3) is 0 Å². The Labute approximate surface area is 194 Å². The van der Waals surface area contributed by atoms with E-state index in [1.54, 1.807) is 5.56 Å². The lowest BCUT2D eigenvalue weighted by molar-refractivity contribution is 0.231. The maximum atomic E-state index is 4.45. The van der Waals surface area contributed by atoms with Gasteiger partial charge in [0.1, 0.15) is 0 Å². The fourth-order valence-electron chi connectivity index (χ4n) is 4.37. The summed E-state index contributed by atoms with van der Waals surface area (Å²) >= 11 is 0. The second-order valence-corrected chi connectivity index (χ2v) is 7.54. The van der Waals surface area contributed by atoms with Crippen LogP contribution >= 0.6 is 50.9 Å². The lowest BCUT2D eigenvalue weighted by Gasteiger charge is -2.37. The van der Waals surface area contributed by atoms with E-state index in [1.165, 1.54) is 36.3 Å². The van der Waals surface area contributed by atoms with Gasteiger partial charge in [-0.15, -0.1) is 50.9 Å². The second-order valence-electron chi connectivity index (χ2n) is 7.54. The number of fused-ring (bicyclic) bond motifs is 3. The van der Waals surface area contributed by atoms with Gasteiger partial charge < -0.3 is 9.80 Å². The van der Waals surface area contributed by atoms with Crippen molar-refractivity contribution < 1.29 is 0 Å². The Hall–Kier alpha value is -0.430.